The average Bonchev–Trinajstić information content (AvgIpc) is 2.62. The zero-order chi connectivity index (χ0) is 16.9. The van der Waals surface area contributed by atoms with Gasteiger partial charge in [-0.15, -0.1) is 0 Å². The van der Waals surface area contributed by atoms with Crippen LogP contribution in [0.5, 0.6) is 0 Å². The molecule has 2 aromatic rings. The summed E-state index contributed by atoms with van der Waals surface area (Å²) in [5.74, 6) is -0.436. The van der Waals surface area contributed by atoms with E-state index in [0.29, 0.717) is 31.7 Å². The molecule has 0 spiro atoms. The predicted molar refractivity (Wildman–Crippen MR) is 89.8 cm³/mol. The molecular formula is C19H21FN2O2. The van der Waals surface area contributed by atoms with E-state index in [-0.39, 0.29) is 11.7 Å². The van der Waals surface area contributed by atoms with E-state index in [1.54, 1.807) is 23.1 Å². The molecule has 3 rings (SSSR count). The van der Waals surface area contributed by atoms with Crippen LogP contribution in [0.15, 0.2) is 54.6 Å². The Morgan fingerprint density at radius 3 is 2.67 bits per heavy atom. The number of carbonyl (C=O) groups excluding carboxylic acids is 1. The molecule has 0 saturated carbocycles. The Morgan fingerprint density at radius 2 is 1.92 bits per heavy atom. The van der Waals surface area contributed by atoms with Gasteiger partial charge in [0.25, 0.3) is 0 Å². The molecule has 5 heteroatoms. The molecule has 2 aromatic carbocycles. The number of morpholine rings is 1. The standard InChI is InChI=1S/C19H21FN2O2/c20-16-9-5-4-8-15(16)18-13-22(10-11-24-18)19(23)17(21)12-14-6-2-1-3-7-14/h1-9,17-18H,10-13,21H2/t17-,18+/m0/s1. The minimum atomic E-state index is -0.605. The van der Waals surface area contributed by atoms with Crippen molar-refractivity contribution in [1.82, 2.24) is 4.90 Å². The molecular weight excluding hydrogens is 307 g/mol. The van der Waals surface area contributed by atoms with Crippen LogP contribution < -0.4 is 5.73 Å². The van der Waals surface area contributed by atoms with E-state index in [1.165, 1.54) is 6.07 Å². The number of ether oxygens (including phenoxy) is 1. The van der Waals surface area contributed by atoms with Crippen LogP contribution in [0.3, 0.4) is 0 Å². The lowest BCUT2D eigenvalue weighted by molar-refractivity contribution is -0.140. The first kappa shape index (κ1) is 16.6. The molecule has 1 heterocycles. The van der Waals surface area contributed by atoms with Crippen molar-refractivity contribution in [2.45, 2.75) is 18.6 Å². The van der Waals surface area contributed by atoms with Gasteiger partial charge in [0.15, 0.2) is 0 Å². The molecule has 1 amide bonds. The zero-order valence-electron chi connectivity index (χ0n) is 13.4. The maximum absolute atomic E-state index is 13.9. The predicted octanol–water partition coefficient (Wildman–Crippen LogP) is 2.30. The molecule has 0 unspecified atom stereocenters. The molecule has 2 N–H and O–H groups in total. The van der Waals surface area contributed by atoms with Crippen molar-refractivity contribution in [1.29, 1.82) is 0 Å². The number of nitrogens with two attached hydrogens (primary N) is 1. The van der Waals surface area contributed by atoms with Crippen LogP contribution in [-0.4, -0.2) is 36.5 Å². The molecule has 1 fully saturated rings. The van der Waals surface area contributed by atoms with Gasteiger partial charge in [-0.1, -0.05) is 48.5 Å². The Bertz CT molecular complexity index is 693. The van der Waals surface area contributed by atoms with E-state index in [2.05, 4.69) is 0 Å². The van der Waals surface area contributed by atoms with Crippen molar-refractivity contribution < 1.29 is 13.9 Å². The van der Waals surface area contributed by atoms with Crippen molar-refractivity contribution in [3.8, 4) is 0 Å². The second-order valence-electron chi connectivity index (χ2n) is 5.96. The third-order valence-electron chi connectivity index (χ3n) is 4.25. The summed E-state index contributed by atoms with van der Waals surface area (Å²) in [6.07, 6.45) is 0.0364. The summed E-state index contributed by atoms with van der Waals surface area (Å²) in [5, 5.41) is 0. The van der Waals surface area contributed by atoms with Crippen LogP contribution >= 0.6 is 0 Å². The lowest BCUT2D eigenvalue weighted by Gasteiger charge is -2.34. The first-order valence-electron chi connectivity index (χ1n) is 8.09. The molecule has 1 aliphatic rings. The molecule has 2 atom stereocenters. The average molecular weight is 328 g/mol. The highest BCUT2D eigenvalue weighted by Crippen LogP contribution is 2.24. The summed E-state index contributed by atoms with van der Waals surface area (Å²) in [4.78, 5) is 14.3. The summed E-state index contributed by atoms with van der Waals surface area (Å²) in [7, 11) is 0. The van der Waals surface area contributed by atoms with Crippen molar-refractivity contribution in [3.05, 3.63) is 71.5 Å². The number of hydrogen-bond donors (Lipinski definition) is 1. The van der Waals surface area contributed by atoms with Crippen LogP contribution in [-0.2, 0) is 16.0 Å². The minimum Gasteiger partial charge on any atom is -0.370 e. The highest BCUT2D eigenvalue weighted by atomic mass is 19.1. The summed E-state index contributed by atoms with van der Waals surface area (Å²) in [5.41, 5.74) is 7.59. The van der Waals surface area contributed by atoms with Gasteiger partial charge in [0.05, 0.1) is 19.2 Å². The minimum absolute atomic E-state index is 0.122. The number of halogens is 1. The Balaban J connectivity index is 1.66. The molecule has 1 saturated heterocycles. The normalized spacial score (nSPS) is 19.1. The van der Waals surface area contributed by atoms with Crippen molar-refractivity contribution in [2.75, 3.05) is 19.7 Å². The third kappa shape index (κ3) is 3.80. The van der Waals surface area contributed by atoms with Crippen LogP contribution in [0.4, 0.5) is 4.39 Å². The van der Waals surface area contributed by atoms with E-state index in [4.69, 9.17) is 10.5 Å². The van der Waals surface area contributed by atoms with Gasteiger partial charge in [-0.25, -0.2) is 4.39 Å². The molecule has 0 bridgehead atoms. The molecule has 0 aliphatic carbocycles. The van der Waals surface area contributed by atoms with Crippen LogP contribution in [0.25, 0.3) is 0 Å². The summed E-state index contributed by atoms with van der Waals surface area (Å²) in [6.45, 7) is 1.18. The monoisotopic (exact) mass is 328 g/mol. The molecule has 4 nitrogen and oxygen atoms in total. The van der Waals surface area contributed by atoms with E-state index >= 15 is 0 Å². The number of carbonyl (C=O) groups is 1. The second-order valence-corrected chi connectivity index (χ2v) is 5.96. The van der Waals surface area contributed by atoms with Gasteiger partial charge in [-0.05, 0) is 18.1 Å². The Hall–Kier alpha value is -2.24. The largest absolute Gasteiger partial charge is 0.370 e. The van der Waals surface area contributed by atoms with Gasteiger partial charge in [-0.2, -0.15) is 0 Å². The number of nitrogens with zero attached hydrogens (tertiary/aromatic N) is 1. The summed E-state index contributed by atoms with van der Waals surface area (Å²) >= 11 is 0. The van der Waals surface area contributed by atoms with Crippen molar-refractivity contribution in [2.24, 2.45) is 5.73 Å². The number of hydrogen-bond acceptors (Lipinski definition) is 3. The van der Waals surface area contributed by atoms with Gasteiger partial charge in [0.2, 0.25) is 5.91 Å². The molecule has 1 aliphatic heterocycles. The maximum atomic E-state index is 13.9. The third-order valence-corrected chi connectivity index (χ3v) is 4.25. The van der Waals surface area contributed by atoms with Gasteiger partial charge in [0.1, 0.15) is 11.9 Å². The summed E-state index contributed by atoms with van der Waals surface area (Å²) in [6, 6.07) is 15.6. The Labute approximate surface area is 141 Å². The number of rotatable bonds is 4. The highest BCUT2D eigenvalue weighted by molar-refractivity contribution is 5.82. The van der Waals surface area contributed by atoms with E-state index in [9.17, 15) is 9.18 Å². The van der Waals surface area contributed by atoms with Gasteiger partial charge in [0, 0.05) is 12.1 Å². The molecule has 24 heavy (non-hydrogen) atoms. The van der Waals surface area contributed by atoms with E-state index in [0.717, 1.165) is 5.56 Å². The second kappa shape index (κ2) is 7.55. The van der Waals surface area contributed by atoms with E-state index in [1.807, 2.05) is 30.3 Å². The van der Waals surface area contributed by atoms with Crippen LogP contribution in [0.2, 0.25) is 0 Å². The highest BCUT2D eigenvalue weighted by Gasteiger charge is 2.29. The Morgan fingerprint density at radius 1 is 1.21 bits per heavy atom. The zero-order valence-corrected chi connectivity index (χ0v) is 13.4. The molecule has 126 valence electrons. The lowest BCUT2D eigenvalue weighted by atomic mass is 10.0. The number of benzene rings is 2. The SMILES string of the molecule is N[C@@H](Cc1ccccc1)C(=O)N1CCO[C@@H](c2ccccc2F)C1. The van der Waals surface area contributed by atoms with Gasteiger partial charge < -0.3 is 15.4 Å². The van der Waals surface area contributed by atoms with Crippen LogP contribution in [0, 0.1) is 5.82 Å². The van der Waals surface area contributed by atoms with Crippen molar-refractivity contribution in [3.63, 3.8) is 0 Å². The fourth-order valence-electron chi connectivity index (χ4n) is 2.96. The van der Waals surface area contributed by atoms with Gasteiger partial charge >= 0.3 is 0 Å². The first-order valence-corrected chi connectivity index (χ1v) is 8.09. The Kier molecular flexibility index (Phi) is 5.23. The maximum Gasteiger partial charge on any atom is 0.240 e. The fraction of sp³-hybridized carbons (Fsp3) is 0.316. The number of amides is 1. The topological polar surface area (TPSA) is 55.6 Å². The van der Waals surface area contributed by atoms with Crippen LogP contribution in [0.1, 0.15) is 17.2 Å². The first-order chi connectivity index (χ1) is 11.6. The smallest absolute Gasteiger partial charge is 0.240 e. The quantitative estimate of drug-likeness (QED) is 0.937. The molecule has 0 aromatic heterocycles. The van der Waals surface area contributed by atoms with Crippen molar-refractivity contribution >= 4 is 5.91 Å². The van der Waals surface area contributed by atoms with E-state index < -0.39 is 12.1 Å². The molecule has 0 radical (unpaired) electrons. The summed E-state index contributed by atoms with van der Waals surface area (Å²) < 4.78 is 19.6. The fourth-order valence-corrected chi connectivity index (χ4v) is 2.96. The lowest BCUT2D eigenvalue weighted by Crippen LogP contribution is -2.50. The van der Waals surface area contributed by atoms with Gasteiger partial charge in [-0.3, -0.25) is 4.79 Å².